The number of aromatic hydroxyl groups is 1. The molecule has 26 heavy (non-hydrogen) atoms. The van der Waals surface area contributed by atoms with Gasteiger partial charge in [0.05, 0.1) is 10.9 Å². The number of rotatable bonds is 2. The van der Waals surface area contributed by atoms with Crippen molar-refractivity contribution in [1.29, 1.82) is 0 Å². The first-order valence-electron chi connectivity index (χ1n) is 7.55. The molecular formula is C19H10ClF2NO2S. The van der Waals surface area contributed by atoms with E-state index in [1.165, 1.54) is 6.07 Å². The lowest BCUT2D eigenvalue weighted by Gasteiger charge is -2.08. The Balaban J connectivity index is 2.10. The van der Waals surface area contributed by atoms with Crippen LogP contribution in [0.4, 0.5) is 8.78 Å². The molecule has 4 aromatic rings. The summed E-state index contributed by atoms with van der Waals surface area (Å²) in [6, 6.07) is 11.7. The van der Waals surface area contributed by atoms with Crippen molar-refractivity contribution >= 4 is 33.2 Å². The molecule has 0 spiro atoms. The van der Waals surface area contributed by atoms with Gasteiger partial charge >= 0.3 is 0 Å². The minimum absolute atomic E-state index is 0.0454. The molecule has 4 rings (SSSR count). The Morgan fingerprint density at radius 1 is 1.04 bits per heavy atom. The van der Waals surface area contributed by atoms with Crippen LogP contribution in [0.1, 0.15) is 0 Å². The van der Waals surface area contributed by atoms with Crippen molar-refractivity contribution in [3.63, 3.8) is 0 Å². The second-order valence-corrected chi connectivity index (χ2v) is 7.25. The third-order valence-electron chi connectivity index (χ3n) is 4.06. The number of benzene rings is 2. The molecule has 2 aromatic heterocycles. The van der Waals surface area contributed by atoms with E-state index in [9.17, 15) is 18.7 Å². The van der Waals surface area contributed by atoms with E-state index in [1.54, 1.807) is 30.3 Å². The first-order valence-corrected chi connectivity index (χ1v) is 8.75. The van der Waals surface area contributed by atoms with Crippen molar-refractivity contribution in [2.45, 2.75) is 0 Å². The molecule has 0 aliphatic heterocycles. The molecule has 0 radical (unpaired) electrons. The van der Waals surface area contributed by atoms with Gasteiger partial charge in [-0.15, -0.1) is 11.3 Å². The van der Waals surface area contributed by atoms with E-state index in [-0.39, 0.29) is 32.2 Å². The maximum Gasteiger partial charge on any atom is 0.260 e. The van der Waals surface area contributed by atoms with E-state index in [4.69, 9.17) is 11.6 Å². The quantitative estimate of drug-likeness (QED) is 0.471. The highest BCUT2D eigenvalue weighted by Gasteiger charge is 2.23. The summed E-state index contributed by atoms with van der Waals surface area (Å²) < 4.78 is 27.7. The third kappa shape index (κ3) is 2.58. The van der Waals surface area contributed by atoms with E-state index in [1.807, 2.05) is 0 Å². The number of hydrogen-bond donors (Lipinski definition) is 2. The second-order valence-electron chi connectivity index (χ2n) is 5.62. The molecule has 0 amide bonds. The monoisotopic (exact) mass is 389 g/mol. The minimum Gasteiger partial charge on any atom is -0.506 e. The van der Waals surface area contributed by atoms with Gasteiger partial charge in [-0.05, 0) is 17.7 Å². The van der Waals surface area contributed by atoms with Crippen LogP contribution < -0.4 is 5.56 Å². The number of H-pyrrole nitrogens is 1. The molecule has 0 fully saturated rings. The van der Waals surface area contributed by atoms with Crippen LogP contribution in [-0.2, 0) is 0 Å². The summed E-state index contributed by atoms with van der Waals surface area (Å²) in [5, 5.41) is 11.0. The zero-order valence-electron chi connectivity index (χ0n) is 13.0. The molecule has 130 valence electrons. The number of halogens is 3. The number of pyridine rings is 1. The Morgan fingerprint density at radius 3 is 2.46 bits per heavy atom. The molecule has 2 aromatic carbocycles. The standard InChI is InChI=1S/C19H10ClF2NO2S/c20-17-14(11-7-6-10(21)8-12(11)22)15-16(24)13(9-4-2-1-3-5-9)18(25)23-19(15)26-17/h1-8H,(H2,23,24,25). The molecule has 7 heteroatoms. The third-order valence-corrected chi connectivity index (χ3v) is 5.37. The Labute approximate surface area is 155 Å². The molecule has 2 heterocycles. The zero-order chi connectivity index (χ0) is 18.4. The number of thiophene rings is 1. The molecule has 0 saturated heterocycles. The highest BCUT2D eigenvalue weighted by molar-refractivity contribution is 7.23. The van der Waals surface area contributed by atoms with Gasteiger partial charge in [-0.2, -0.15) is 0 Å². The fourth-order valence-corrected chi connectivity index (χ4v) is 4.29. The number of fused-ring (bicyclic) bond motifs is 1. The number of nitrogens with one attached hydrogen (secondary N) is 1. The lowest BCUT2D eigenvalue weighted by atomic mass is 10.0. The van der Waals surface area contributed by atoms with Crippen LogP contribution in [-0.4, -0.2) is 10.1 Å². The Morgan fingerprint density at radius 2 is 1.77 bits per heavy atom. The van der Waals surface area contributed by atoms with Gasteiger partial charge in [-0.25, -0.2) is 8.78 Å². The Kier molecular flexibility index (Phi) is 4.01. The molecule has 0 saturated carbocycles. The summed E-state index contributed by atoms with van der Waals surface area (Å²) in [7, 11) is 0. The summed E-state index contributed by atoms with van der Waals surface area (Å²) in [6.07, 6.45) is 0. The first-order chi connectivity index (χ1) is 12.5. The van der Waals surface area contributed by atoms with E-state index in [0.29, 0.717) is 10.4 Å². The number of hydrogen-bond acceptors (Lipinski definition) is 3. The Bertz CT molecular complexity index is 1200. The van der Waals surface area contributed by atoms with Crippen LogP contribution in [0, 0.1) is 11.6 Å². The van der Waals surface area contributed by atoms with E-state index in [2.05, 4.69) is 4.98 Å². The van der Waals surface area contributed by atoms with Crippen LogP contribution in [0.5, 0.6) is 5.75 Å². The van der Waals surface area contributed by atoms with Crippen molar-refractivity contribution in [3.05, 3.63) is 74.9 Å². The summed E-state index contributed by atoms with van der Waals surface area (Å²) in [4.78, 5) is 15.4. The highest BCUT2D eigenvalue weighted by atomic mass is 35.5. The topological polar surface area (TPSA) is 53.1 Å². The lowest BCUT2D eigenvalue weighted by Crippen LogP contribution is -2.08. The Hall–Kier alpha value is -2.70. The average molecular weight is 390 g/mol. The van der Waals surface area contributed by atoms with Crippen molar-refractivity contribution in [1.82, 2.24) is 4.98 Å². The summed E-state index contributed by atoms with van der Waals surface area (Å²) in [5.41, 5.74) is 0.363. The summed E-state index contributed by atoms with van der Waals surface area (Å²) in [6.45, 7) is 0. The average Bonchev–Trinajstić information content (AvgIpc) is 2.92. The van der Waals surface area contributed by atoms with Gasteiger partial charge in [-0.3, -0.25) is 4.79 Å². The van der Waals surface area contributed by atoms with Gasteiger partial charge in [-0.1, -0.05) is 41.9 Å². The predicted octanol–water partition coefficient (Wildman–Crippen LogP) is 5.56. The van der Waals surface area contributed by atoms with Crippen LogP contribution >= 0.6 is 22.9 Å². The van der Waals surface area contributed by atoms with E-state index < -0.39 is 17.2 Å². The fourth-order valence-electron chi connectivity index (χ4n) is 2.92. The molecule has 0 atom stereocenters. The lowest BCUT2D eigenvalue weighted by molar-refractivity contribution is 0.483. The van der Waals surface area contributed by atoms with Gasteiger partial charge in [0.15, 0.2) is 0 Å². The number of aromatic amines is 1. The van der Waals surface area contributed by atoms with Crippen molar-refractivity contribution in [2.24, 2.45) is 0 Å². The largest absolute Gasteiger partial charge is 0.506 e. The molecule has 2 N–H and O–H groups in total. The minimum atomic E-state index is -0.807. The smallest absolute Gasteiger partial charge is 0.260 e. The molecule has 3 nitrogen and oxygen atoms in total. The van der Waals surface area contributed by atoms with Gasteiger partial charge in [0.1, 0.15) is 26.6 Å². The van der Waals surface area contributed by atoms with Crippen LogP contribution in [0.15, 0.2) is 53.3 Å². The SMILES string of the molecule is O=c1[nH]c2sc(Cl)c(-c3ccc(F)cc3F)c2c(O)c1-c1ccccc1. The van der Waals surface area contributed by atoms with Crippen LogP contribution in [0.3, 0.4) is 0 Å². The molecule has 0 unspecified atom stereocenters. The van der Waals surface area contributed by atoms with E-state index >= 15 is 0 Å². The maximum absolute atomic E-state index is 14.3. The van der Waals surface area contributed by atoms with E-state index in [0.717, 1.165) is 23.5 Å². The zero-order valence-corrected chi connectivity index (χ0v) is 14.6. The van der Waals surface area contributed by atoms with Gasteiger partial charge in [0.2, 0.25) is 0 Å². The highest BCUT2D eigenvalue weighted by Crippen LogP contribution is 2.47. The van der Waals surface area contributed by atoms with Crippen LogP contribution in [0.2, 0.25) is 4.34 Å². The summed E-state index contributed by atoms with van der Waals surface area (Å²) in [5.74, 6) is -1.82. The molecular weight excluding hydrogens is 380 g/mol. The molecule has 0 aliphatic carbocycles. The van der Waals surface area contributed by atoms with Crippen LogP contribution in [0.25, 0.3) is 32.5 Å². The molecule has 0 bridgehead atoms. The van der Waals surface area contributed by atoms with Gasteiger partial charge in [0.25, 0.3) is 5.56 Å². The van der Waals surface area contributed by atoms with Crippen molar-refractivity contribution < 1.29 is 13.9 Å². The molecule has 0 aliphatic rings. The van der Waals surface area contributed by atoms with Crippen molar-refractivity contribution in [2.75, 3.05) is 0 Å². The normalized spacial score (nSPS) is 11.2. The van der Waals surface area contributed by atoms with Crippen molar-refractivity contribution in [3.8, 4) is 28.0 Å². The van der Waals surface area contributed by atoms with Gasteiger partial charge < -0.3 is 10.1 Å². The summed E-state index contributed by atoms with van der Waals surface area (Å²) >= 11 is 7.27. The van der Waals surface area contributed by atoms with Gasteiger partial charge in [0, 0.05) is 17.2 Å². The second kappa shape index (κ2) is 6.23. The first kappa shape index (κ1) is 16.8. The fraction of sp³-hybridized carbons (Fsp3) is 0. The predicted molar refractivity (Wildman–Crippen MR) is 99.9 cm³/mol. The maximum atomic E-state index is 14.3. The number of aromatic nitrogens is 1.